The molecule has 2 aromatic carbocycles. The average Bonchev–Trinajstić information content (AvgIpc) is 3.06. The molecular weight excluding hydrogens is 386 g/mol. The molecule has 29 heavy (non-hydrogen) atoms. The fraction of sp³-hybridized carbons (Fsp3) is 0.0909. The fourth-order valence-corrected chi connectivity index (χ4v) is 3.95. The molecule has 0 atom stereocenters. The number of carbonyl (C=O) groups is 1. The van der Waals surface area contributed by atoms with E-state index in [2.05, 4.69) is 10.3 Å². The van der Waals surface area contributed by atoms with E-state index in [0.717, 1.165) is 11.2 Å². The van der Waals surface area contributed by atoms with Crippen molar-refractivity contribution >= 4 is 27.2 Å². The Morgan fingerprint density at radius 3 is 2.34 bits per heavy atom. The van der Waals surface area contributed by atoms with Crippen molar-refractivity contribution in [3.8, 4) is 11.3 Å². The highest BCUT2D eigenvalue weighted by Gasteiger charge is 2.17. The summed E-state index contributed by atoms with van der Waals surface area (Å²) in [7, 11) is -3.12. The molecule has 1 amide bonds. The molecule has 0 aliphatic carbocycles. The van der Waals surface area contributed by atoms with E-state index >= 15 is 0 Å². The van der Waals surface area contributed by atoms with Gasteiger partial charge in [0.15, 0.2) is 9.84 Å². The van der Waals surface area contributed by atoms with Crippen molar-refractivity contribution in [3.05, 3.63) is 90.1 Å². The second-order valence-electron chi connectivity index (χ2n) is 6.83. The number of carbonyl (C=O) groups excluding carboxylic acids is 1. The summed E-state index contributed by atoms with van der Waals surface area (Å²) in [5, 5.41) is 2.96. The van der Waals surface area contributed by atoms with Gasteiger partial charge in [0.1, 0.15) is 17.2 Å². The Hall–Kier alpha value is -3.45. The number of sulfone groups is 1. The van der Waals surface area contributed by atoms with Crippen molar-refractivity contribution in [1.82, 2.24) is 9.38 Å². The van der Waals surface area contributed by atoms with Crippen LogP contribution in [0.1, 0.15) is 15.9 Å². The normalized spacial score (nSPS) is 11.5. The van der Waals surface area contributed by atoms with Crippen LogP contribution in [0.5, 0.6) is 0 Å². The lowest BCUT2D eigenvalue weighted by Crippen LogP contribution is -2.14. The highest BCUT2D eigenvalue weighted by Crippen LogP contribution is 2.29. The number of pyridine rings is 1. The van der Waals surface area contributed by atoms with E-state index < -0.39 is 9.84 Å². The maximum Gasteiger partial charge on any atom is 0.256 e. The number of amides is 1. The molecule has 2 aromatic heterocycles. The Labute approximate surface area is 168 Å². The first-order chi connectivity index (χ1) is 13.9. The summed E-state index contributed by atoms with van der Waals surface area (Å²) in [6, 6.07) is 21.9. The van der Waals surface area contributed by atoms with E-state index in [1.807, 2.05) is 59.1 Å². The average molecular weight is 405 g/mol. The molecule has 4 aromatic rings. The molecule has 0 bridgehead atoms. The zero-order chi connectivity index (χ0) is 20.4. The predicted octanol–water partition coefficient (Wildman–Crippen LogP) is 3.80. The van der Waals surface area contributed by atoms with Crippen LogP contribution in [0.4, 0.5) is 5.82 Å². The van der Waals surface area contributed by atoms with Gasteiger partial charge in [-0.15, -0.1) is 0 Å². The van der Waals surface area contributed by atoms with Crippen molar-refractivity contribution in [3.63, 3.8) is 0 Å². The van der Waals surface area contributed by atoms with Gasteiger partial charge in [-0.2, -0.15) is 0 Å². The molecule has 1 N–H and O–H groups in total. The summed E-state index contributed by atoms with van der Waals surface area (Å²) in [6.45, 7) is 0. The molecule has 4 rings (SSSR count). The third-order valence-electron chi connectivity index (χ3n) is 4.45. The van der Waals surface area contributed by atoms with Gasteiger partial charge in [-0.25, -0.2) is 13.4 Å². The predicted molar refractivity (Wildman–Crippen MR) is 114 cm³/mol. The first-order valence-electron chi connectivity index (χ1n) is 9.01. The van der Waals surface area contributed by atoms with Crippen LogP contribution in [0.25, 0.3) is 16.9 Å². The van der Waals surface area contributed by atoms with Crippen LogP contribution in [-0.4, -0.2) is 30.0 Å². The van der Waals surface area contributed by atoms with Crippen LogP contribution in [0.3, 0.4) is 0 Å². The minimum Gasteiger partial charge on any atom is -0.306 e. The summed E-state index contributed by atoms with van der Waals surface area (Å²) in [5.74, 6) is 0.232. The first-order valence-corrected chi connectivity index (χ1v) is 11.1. The van der Waals surface area contributed by atoms with Gasteiger partial charge in [-0.3, -0.25) is 9.20 Å². The summed E-state index contributed by atoms with van der Waals surface area (Å²) >= 11 is 0. The molecule has 0 aliphatic rings. The quantitative estimate of drug-likeness (QED) is 0.548. The highest BCUT2D eigenvalue weighted by molar-refractivity contribution is 7.89. The second kappa shape index (κ2) is 7.52. The van der Waals surface area contributed by atoms with Crippen LogP contribution in [0, 0.1) is 0 Å². The Morgan fingerprint density at radius 2 is 1.66 bits per heavy atom. The number of hydrogen-bond acceptors (Lipinski definition) is 4. The second-order valence-corrected chi connectivity index (χ2v) is 8.97. The van der Waals surface area contributed by atoms with Gasteiger partial charge in [-0.05, 0) is 29.8 Å². The third-order valence-corrected chi connectivity index (χ3v) is 5.31. The Morgan fingerprint density at radius 1 is 0.966 bits per heavy atom. The highest BCUT2D eigenvalue weighted by atomic mass is 32.2. The van der Waals surface area contributed by atoms with Crippen molar-refractivity contribution in [2.45, 2.75) is 5.75 Å². The van der Waals surface area contributed by atoms with Gasteiger partial charge in [0.25, 0.3) is 5.91 Å². The van der Waals surface area contributed by atoms with Crippen LogP contribution in [0.15, 0.2) is 79.0 Å². The Bertz CT molecular complexity index is 1280. The van der Waals surface area contributed by atoms with E-state index in [1.165, 1.54) is 6.26 Å². The summed E-state index contributed by atoms with van der Waals surface area (Å²) in [6.07, 6.45) is 3.03. The number of hydrogen-bond donors (Lipinski definition) is 1. The zero-order valence-electron chi connectivity index (χ0n) is 15.7. The smallest absolute Gasteiger partial charge is 0.256 e. The van der Waals surface area contributed by atoms with Gasteiger partial charge in [0, 0.05) is 23.6 Å². The van der Waals surface area contributed by atoms with E-state index in [4.69, 9.17) is 0 Å². The van der Waals surface area contributed by atoms with Gasteiger partial charge < -0.3 is 5.32 Å². The maximum atomic E-state index is 12.9. The first kappa shape index (κ1) is 18.9. The number of fused-ring (bicyclic) bond motifs is 1. The van der Waals surface area contributed by atoms with Crippen molar-refractivity contribution in [2.24, 2.45) is 0 Å². The van der Waals surface area contributed by atoms with Gasteiger partial charge >= 0.3 is 0 Å². The molecule has 7 heteroatoms. The monoisotopic (exact) mass is 405 g/mol. The maximum absolute atomic E-state index is 12.9. The largest absolute Gasteiger partial charge is 0.306 e. The van der Waals surface area contributed by atoms with Gasteiger partial charge in [0.2, 0.25) is 0 Å². The van der Waals surface area contributed by atoms with Crippen molar-refractivity contribution in [1.29, 1.82) is 0 Å². The van der Waals surface area contributed by atoms with Crippen LogP contribution >= 0.6 is 0 Å². The standard InChI is InChI=1S/C22H19N3O3S/c1-29(27,28)15-16-10-12-18(13-11-16)22(26)24-21-20(17-7-3-2-4-8-17)23-19-9-5-6-14-25(19)21/h2-14H,15H2,1H3,(H,24,26). The van der Waals surface area contributed by atoms with Gasteiger partial charge in [0.05, 0.1) is 5.75 Å². The van der Waals surface area contributed by atoms with Crippen LogP contribution in [-0.2, 0) is 15.6 Å². The number of anilines is 1. The molecule has 2 heterocycles. The molecular formula is C22H19N3O3S. The molecule has 0 fully saturated rings. The molecule has 0 aliphatic heterocycles. The lowest BCUT2D eigenvalue weighted by Gasteiger charge is -2.08. The Kier molecular flexibility index (Phi) is 4.90. The lowest BCUT2D eigenvalue weighted by atomic mass is 10.1. The summed E-state index contributed by atoms with van der Waals surface area (Å²) in [4.78, 5) is 17.5. The minimum absolute atomic E-state index is 0.0552. The molecule has 0 unspecified atom stereocenters. The Balaban J connectivity index is 1.68. The van der Waals surface area contributed by atoms with E-state index in [-0.39, 0.29) is 11.7 Å². The number of rotatable bonds is 5. The zero-order valence-corrected chi connectivity index (χ0v) is 16.6. The van der Waals surface area contributed by atoms with Crippen molar-refractivity contribution in [2.75, 3.05) is 11.6 Å². The number of nitrogens with zero attached hydrogens (tertiary/aromatic N) is 2. The van der Waals surface area contributed by atoms with E-state index in [1.54, 1.807) is 24.3 Å². The molecule has 0 saturated heterocycles. The minimum atomic E-state index is -3.12. The summed E-state index contributed by atoms with van der Waals surface area (Å²) < 4.78 is 24.7. The van der Waals surface area contributed by atoms with Crippen molar-refractivity contribution < 1.29 is 13.2 Å². The number of imidazole rings is 1. The number of benzene rings is 2. The van der Waals surface area contributed by atoms with Crippen LogP contribution < -0.4 is 5.32 Å². The van der Waals surface area contributed by atoms with E-state index in [0.29, 0.717) is 22.6 Å². The third kappa shape index (κ3) is 4.20. The lowest BCUT2D eigenvalue weighted by molar-refractivity contribution is 0.102. The molecule has 0 radical (unpaired) electrons. The molecule has 146 valence electrons. The summed E-state index contributed by atoms with van der Waals surface area (Å²) in [5.41, 5.74) is 3.38. The number of aromatic nitrogens is 2. The van der Waals surface area contributed by atoms with Gasteiger partial charge in [-0.1, -0.05) is 48.5 Å². The molecule has 0 saturated carbocycles. The fourth-order valence-electron chi connectivity index (χ4n) is 3.15. The SMILES string of the molecule is CS(=O)(=O)Cc1ccc(C(=O)Nc2c(-c3ccccc3)nc3ccccn23)cc1. The molecule has 0 spiro atoms. The topological polar surface area (TPSA) is 80.5 Å². The van der Waals surface area contributed by atoms with Crippen LogP contribution in [0.2, 0.25) is 0 Å². The number of nitrogens with one attached hydrogen (secondary N) is 1. The molecule has 6 nitrogen and oxygen atoms in total. The van der Waals surface area contributed by atoms with E-state index in [9.17, 15) is 13.2 Å².